The zero-order valence-electron chi connectivity index (χ0n) is 12.6. The predicted octanol–water partition coefficient (Wildman–Crippen LogP) is 2.28. The number of phenolic OH excluding ortho intramolecular Hbond substituents is 1. The average molecular weight is 359 g/mol. The summed E-state index contributed by atoms with van der Waals surface area (Å²) >= 11 is 6.28. The number of para-hydroxylation sites is 1. The molecule has 0 unspecified atom stereocenters. The molecule has 2 heterocycles. The van der Waals surface area contributed by atoms with Gasteiger partial charge in [-0.1, -0.05) is 23.9 Å². The van der Waals surface area contributed by atoms with Gasteiger partial charge in [0.15, 0.2) is 4.32 Å². The molecular weight excluding hydrogens is 346 g/mol. The third-order valence-electron chi connectivity index (χ3n) is 3.42. The number of benzene rings is 1. The van der Waals surface area contributed by atoms with Crippen LogP contribution < -0.4 is 5.43 Å². The number of amides is 2. The Morgan fingerprint density at radius 2 is 2.04 bits per heavy atom. The molecule has 1 aliphatic heterocycles. The van der Waals surface area contributed by atoms with E-state index in [9.17, 15) is 14.7 Å². The lowest BCUT2D eigenvalue weighted by Crippen LogP contribution is -2.44. The van der Waals surface area contributed by atoms with Gasteiger partial charge in [0, 0.05) is 18.9 Å². The smallest absolute Gasteiger partial charge is 0.285 e. The van der Waals surface area contributed by atoms with Gasteiger partial charge in [-0.05, 0) is 42.6 Å². The molecule has 0 aliphatic carbocycles. The minimum absolute atomic E-state index is 0.0676. The third kappa shape index (κ3) is 3.06. The molecule has 122 valence electrons. The molecule has 8 heteroatoms. The molecule has 2 amide bonds. The van der Waals surface area contributed by atoms with Gasteiger partial charge < -0.3 is 9.67 Å². The van der Waals surface area contributed by atoms with E-state index in [1.54, 1.807) is 18.2 Å². The molecule has 0 radical (unpaired) electrons. The Morgan fingerprint density at radius 1 is 1.29 bits per heavy atom. The number of aromatic hydroxyl groups is 1. The molecule has 2 N–H and O–H groups in total. The minimum atomic E-state index is -0.607. The standard InChI is InChI=1S/C16H13N3O3S2/c1-18-8-4-5-10(18)9-13-15(22)19(16(23)24-13)17-14(21)11-6-2-3-7-12(11)20/h2-9,20H,1H3,(H,17,21)/b13-9-. The van der Waals surface area contributed by atoms with Gasteiger partial charge in [-0.25, -0.2) is 0 Å². The van der Waals surface area contributed by atoms with E-state index >= 15 is 0 Å². The number of phenols is 1. The van der Waals surface area contributed by atoms with Crippen molar-refractivity contribution in [3.05, 3.63) is 58.8 Å². The lowest BCUT2D eigenvalue weighted by Gasteiger charge is -2.16. The van der Waals surface area contributed by atoms with E-state index in [1.807, 2.05) is 29.9 Å². The average Bonchev–Trinajstić information content (AvgIpc) is 3.06. The van der Waals surface area contributed by atoms with Crippen molar-refractivity contribution < 1.29 is 14.7 Å². The molecule has 24 heavy (non-hydrogen) atoms. The number of hydrogen-bond acceptors (Lipinski definition) is 5. The van der Waals surface area contributed by atoms with Crippen molar-refractivity contribution in [3.8, 4) is 5.75 Å². The van der Waals surface area contributed by atoms with Crippen LogP contribution in [0.5, 0.6) is 5.75 Å². The number of hydrazine groups is 1. The highest BCUT2D eigenvalue weighted by Crippen LogP contribution is 2.31. The first kappa shape index (κ1) is 16.3. The fourth-order valence-electron chi connectivity index (χ4n) is 2.15. The Balaban J connectivity index is 1.80. The predicted molar refractivity (Wildman–Crippen MR) is 96.0 cm³/mol. The van der Waals surface area contributed by atoms with Crippen LogP contribution >= 0.6 is 24.0 Å². The second-order valence-electron chi connectivity index (χ2n) is 5.02. The van der Waals surface area contributed by atoms with Gasteiger partial charge in [-0.3, -0.25) is 15.0 Å². The lowest BCUT2D eigenvalue weighted by molar-refractivity contribution is -0.123. The van der Waals surface area contributed by atoms with Crippen LogP contribution in [0.15, 0.2) is 47.5 Å². The van der Waals surface area contributed by atoms with Crippen LogP contribution in [0, 0.1) is 0 Å². The van der Waals surface area contributed by atoms with E-state index in [0.717, 1.165) is 22.5 Å². The van der Waals surface area contributed by atoms with Crippen LogP contribution in [0.25, 0.3) is 6.08 Å². The fraction of sp³-hybridized carbons (Fsp3) is 0.0625. The fourth-order valence-corrected chi connectivity index (χ4v) is 3.31. The summed E-state index contributed by atoms with van der Waals surface area (Å²) in [5.41, 5.74) is 3.35. The van der Waals surface area contributed by atoms with Crippen LogP contribution in [-0.2, 0) is 11.8 Å². The molecule has 2 aromatic rings. The van der Waals surface area contributed by atoms with Crippen LogP contribution in [0.4, 0.5) is 0 Å². The zero-order chi connectivity index (χ0) is 17.3. The van der Waals surface area contributed by atoms with E-state index in [4.69, 9.17) is 12.2 Å². The van der Waals surface area contributed by atoms with Crippen molar-refractivity contribution in [2.24, 2.45) is 7.05 Å². The Bertz CT molecular complexity index is 873. The maximum Gasteiger partial charge on any atom is 0.285 e. The summed E-state index contributed by atoms with van der Waals surface area (Å²) in [4.78, 5) is 25.1. The molecule has 0 atom stereocenters. The normalized spacial score (nSPS) is 16.0. The van der Waals surface area contributed by atoms with Gasteiger partial charge in [-0.2, -0.15) is 5.01 Å². The van der Waals surface area contributed by atoms with E-state index in [1.165, 1.54) is 12.1 Å². The summed E-state index contributed by atoms with van der Waals surface area (Å²) in [6.45, 7) is 0. The molecule has 1 aliphatic rings. The Labute approximate surface area is 147 Å². The van der Waals surface area contributed by atoms with Gasteiger partial charge in [0.05, 0.1) is 10.5 Å². The number of thiocarbonyl (C=S) groups is 1. The molecule has 1 fully saturated rings. The highest BCUT2D eigenvalue weighted by atomic mass is 32.2. The van der Waals surface area contributed by atoms with Crippen molar-refractivity contribution in [2.45, 2.75) is 0 Å². The molecular formula is C16H13N3O3S2. The number of carbonyl (C=O) groups is 2. The first-order chi connectivity index (χ1) is 11.5. The number of thioether (sulfide) groups is 1. The van der Waals surface area contributed by atoms with Crippen LogP contribution in [0.3, 0.4) is 0 Å². The van der Waals surface area contributed by atoms with Gasteiger partial charge in [-0.15, -0.1) is 0 Å². The molecule has 0 saturated carbocycles. The maximum absolute atomic E-state index is 12.5. The van der Waals surface area contributed by atoms with E-state index in [2.05, 4.69) is 5.43 Å². The number of rotatable bonds is 3. The van der Waals surface area contributed by atoms with Gasteiger partial charge in [0.2, 0.25) is 0 Å². The molecule has 0 spiro atoms. The molecule has 1 saturated heterocycles. The Morgan fingerprint density at radius 3 is 2.71 bits per heavy atom. The summed E-state index contributed by atoms with van der Waals surface area (Å²) in [7, 11) is 1.87. The van der Waals surface area contributed by atoms with Crippen molar-refractivity contribution in [3.63, 3.8) is 0 Å². The lowest BCUT2D eigenvalue weighted by atomic mass is 10.2. The minimum Gasteiger partial charge on any atom is -0.507 e. The summed E-state index contributed by atoms with van der Waals surface area (Å²) in [6.07, 6.45) is 3.58. The number of nitrogens with one attached hydrogen (secondary N) is 1. The number of hydrogen-bond donors (Lipinski definition) is 2. The number of aryl methyl sites for hydroxylation is 1. The molecule has 1 aromatic carbocycles. The summed E-state index contributed by atoms with van der Waals surface area (Å²) < 4.78 is 2.09. The number of nitrogens with zero attached hydrogens (tertiary/aromatic N) is 2. The topological polar surface area (TPSA) is 74.6 Å². The monoisotopic (exact) mass is 359 g/mol. The summed E-state index contributed by atoms with van der Waals surface area (Å²) in [5, 5.41) is 10.7. The van der Waals surface area contributed by atoms with Crippen molar-refractivity contribution in [2.75, 3.05) is 0 Å². The molecule has 6 nitrogen and oxygen atoms in total. The first-order valence-corrected chi connectivity index (χ1v) is 8.18. The molecule has 1 aromatic heterocycles. The Kier molecular flexibility index (Phi) is 4.41. The van der Waals surface area contributed by atoms with E-state index in [-0.39, 0.29) is 15.6 Å². The van der Waals surface area contributed by atoms with Crippen LogP contribution in [-0.4, -0.2) is 30.8 Å². The highest BCUT2D eigenvalue weighted by Gasteiger charge is 2.34. The molecule has 3 rings (SSSR count). The van der Waals surface area contributed by atoms with E-state index in [0.29, 0.717) is 4.91 Å². The SMILES string of the molecule is Cn1cccc1/C=C1\SC(=S)N(NC(=O)c2ccccc2O)C1=O. The van der Waals surface area contributed by atoms with Crippen molar-refractivity contribution >= 4 is 46.2 Å². The summed E-state index contributed by atoms with van der Waals surface area (Å²) in [5.74, 6) is -1.18. The van der Waals surface area contributed by atoms with Gasteiger partial charge in [0.25, 0.3) is 11.8 Å². The maximum atomic E-state index is 12.5. The van der Waals surface area contributed by atoms with Gasteiger partial charge in [0.1, 0.15) is 5.75 Å². The quantitative estimate of drug-likeness (QED) is 0.650. The third-order valence-corrected chi connectivity index (χ3v) is 4.72. The van der Waals surface area contributed by atoms with Crippen molar-refractivity contribution in [1.82, 2.24) is 15.0 Å². The second kappa shape index (κ2) is 6.50. The Hall–Kier alpha value is -2.58. The highest BCUT2D eigenvalue weighted by molar-refractivity contribution is 8.26. The van der Waals surface area contributed by atoms with Crippen LogP contribution in [0.2, 0.25) is 0 Å². The largest absolute Gasteiger partial charge is 0.507 e. The van der Waals surface area contributed by atoms with Crippen LogP contribution in [0.1, 0.15) is 16.1 Å². The van der Waals surface area contributed by atoms with Gasteiger partial charge >= 0.3 is 0 Å². The number of carbonyl (C=O) groups excluding carboxylic acids is 2. The second-order valence-corrected chi connectivity index (χ2v) is 6.69. The van der Waals surface area contributed by atoms with Crippen molar-refractivity contribution in [1.29, 1.82) is 0 Å². The first-order valence-electron chi connectivity index (χ1n) is 6.95. The number of aromatic nitrogens is 1. The van der Waals surface area contributed by atoms with E-state index < -0.39 is 11.8 Å². The zero-order valence-corrected chi connectivity index (χ0v) is 14.2. The summed E-state index contributed by atoms with van der Waals surface area (Å²) in [6, 6.07) is 9.82. The molecule has 0 bridgehead atoms.